The number of nitrogens with one attached hydrogen (secondary N) is 3. The van der Waals surface area contributed by atoms with E-state index < -0.39 is 23.8 Å². The van der Waals surface area contributed by atoms with Crippen LogP contribution in [0.25, 0.3) is 17.3 Å². The van der Waals surface area contributed by atoms with Crippen LogP contribution in [0, 0.1) is 5.92 Å². The summed E-state index contributed by atoms with van der Waals surface area (Å²) in [7, 11) is 0. The van der Waals surface area contributed by atoms with Gasteiger partial charge >= 0.3 is 11.9 Å². The summed E-state index contributed by atoms with van der Waals surface area (Å²) in [6, 6.07) is 13.9. The molecule has 0 saturated carbocycles. The third-order valence-corrected chi connectivity index (χ3v) is 6.33. The van der Waals surface area contributed by atoms with Crippen molar-refractivity contribution < 1.29 is 24.2 Å². The van der Waals surface area contributed by atoms with Crippen molar-refractivity contribution in [3.8, 4) is 11.3 Å². The number of amidine groups is 1. The Morgan fingerprint density at radius 2 is 1.89 bits per heavy atom. The first-order chi connectivity index (χ1) is 17.4. The number of aromatic amines is 2. The molecule has 0 radical (unpaired) electrons. The lowest BCUT2D eigenvalue weighted by atomic mass is 9.77. The van der Waals surface area contributed by atoms with E-state index in [4.69, 9.17) is 9.84 Å². The van der Waals surface area contributed by atoms with Gasteiger partial charge in [-0.1, -0.05) is 12.1 Å². The van der Waals surface area contributed by atoms with Gasteiger partial charge in [0, 0.05) is 29.0 Å². The van der Waals surface area contributed by atoms with Gasteiger partial charge in [0.1, 0.15) is 11.5 Å². The number of carbonyl (C=O) groups excluding carboxylic acids is 2. The number of ketones is 1. The largest absolute Gasteiger partial charge is 0.478 e. The highest BCUT2D eigenvalue weighted by atomic mass is 16.5. The van der Waals surface area contributed by atoms with Crippen molar-refractivity contribution in [1.82, 2.24) is 15.3 Å². The maximum absolute atomic E-state index is 13.6. The number of hydrogen-bond acceptors (Lipinski definition) is 6. The van der Waals surface area contributed by atoms with Gasteiger partial charge in [0.25, 0.3) is 0 Å². The van der Waals surface area contributed by atoms with Crippen molar-refractivity contribution in [2.45, 2.75) is 19.8 Å². The quantitative estimate of drug-likeness (QED) is 0.310. The van der Waals surface area contributed by atoms with E-state index in [0.29, 0.717) is 22.8 Å². The van der Waals surface area contributed by atoms with Crippen LogP contribution in [0.5, 0.6) is 0 Å². The number of ether oxygens (including phenoxy) is 1. The van der Waals surface area contributed by atoms with Crippen LogP contribution in [0.1, 0.15) is 41.5 Å². The van der Waals surface area contributed by atoms with Gasteiger partial charge in [-0.3, -0.25) is 4.79 Å². The fraction of sp³-hybridized carbons (Fsp3) is 0.185. The number of fused-ring (bicyclic) bond motifs is 1. The van der Waals surface area contributed by atoms with Crippen LogP contribution in [-0.2, 0) is 14.3 Å². The Balaban J connectivity index is 1.46. The second-order valence-electron chi connectivity index (χ2n) is 8.57. The molecule has 0 fully saturated rings. The number of aliphatic imine (C=N–C) groups is 1. The molecule has 1 aromatic carbocycles. The Morgan fingerprint density at radius 3 is 2.56 bits per heavy atom. The molecule has 2 aliphatic rings. The molecule has 9 nitrogen and oxygen atoms in total. The summed E-state index contributed by atoms with van der Waals surface area (Å²) in [5.41, 5.74) is 4.48. The van der Waals surface area contributed by atoms with E-state index in [2.05, 4.69) is 20.3 Å². The molecule has 0 aliphatic carbocycles. The van der Waals surface area contributed by atoms with E-state index in [1.807, 2.05) is 24.3 Å². The number of esters is 1. The van der Waals surface area contributed by atoms with Crippen LogP contribution in [0.4, 0.5) is 0 Å². The second kappa shape index (κ2) is 9.18. The lowest BCUT2D eigenvalue weighted by Crippen LogP contribution is -2.42. The van der Waals surface area contributed by atoms with Crippen molar-refractivity contribution >= 4 is 29.6 Å². The summed E-state index contributed by atoms with van der Waals surface area (Å²) >= 11 is 0. The van der Waals surface area contributed by atoms with Gasteiger partial charge in [-0.2, -0.15) is 0 Å². The Kier molecular flexibility index (Phi) is 5.89. The van der Waals surface area contributed by atoms with Gasteiger partial charge in [-0.05, 0) is 61.9 Å². The number of hydrogen-bond donors (Lipinski definition) is 4. The molecule has 0 bridgehead atoms. The van der Waals surface area contributed by atoms with E-state index in [0.717, 1.165) is 17.0 Å². The average Bonchev–Trinajstić information content (AvgIpc) is 3.60. The number of nitrogens with zero attached hydrogens (tertiary/aromatic N) is 1. The lowest BCUT2D eigenvalue weighted by molar-refractivity contribution is -0.139. The minimum absolute atomic E-state index is 0.201. The molecule has 2 unspecified atom stereocenters. The van der Waals surface area contributed by atoms with Crippen LogP contribution in [0.15, 0.2) is 76.7 Å². The Bertz CT molecular complexity index is 1440. The SMILES string of the molecule is CCOC(=O)C1=C(C)NC2=N/C(=C/c3ccc(-c4ccc(C(=O)O)cc4)[nH]3)C(=O)C2C1c1ccc[nH]1. The first-order valence-corrected chi connectivity index (χ1v) is 11.5. The Labute approximate surface area is 206 Å². The zero-order valence-electron chi connectivity index (χ0n) is 19.7. The molecule has 0 amide bonds. The first kappa shape index (κ1) is 23.1. The van der Waals surface area contributed by atoms with Crippen LogP contribution < -0.4 is 5.32 Å². The third-order valence-electron chi connectivity index (χ3n) is 6.33. The number of aromatic carboxylic acids is 1. The molecule has 0 saturated heterocycles. The Hall–Kier alpha value is -4.66. The minimum Gasteiger partial charge on any atom is -0.478 e. The average molecular weight is 485 g/mol. The van der Waals surface area contributed by atoms with Gasteiger partial charge in [-0.15, -0.1) is 0 Å². The van der Waals surface area contributed by atoms with Gasteiger partial charge in [0.15, 0.2) is 5.78 Å². The molecule has 2 aromatic heterocycles. The van der Waals surface area contributed by atoms with E-state index >= 15 is 0 Å². The second-order valence-corrected chi connectivity index (χ2v) is 8.57. The smallest absolute Gasteiger partial charge is 0.336 e. The molecule has 36 heavy (non-hydrogen) atoms. The molecule has 4 heterocycles. The molecular formula is C27H24N4O5. The summed E-state index contributed by atoms with van der Waals surface area (Å²) in [4.78, 5) is 48.5. The van der Waals surface area contributed by atoms with Gasteiger partial charge in [-0.25, -0.2) is 14.6 Å². The van der Waals surface area contributed by atoms with Gasteiger partial charge < -0.3 is 25.1 Å². The number of carboxylic acids is 1. The van der Waals surface area contributed by atoms with Crippen molar-refractivity contribution in [3.63, 3.8) is 0 Å². The number of benzene rings is 1. The minimum atomic E-state index is -0.985. The van der Waals surface area contributed by atoms with Crippen molar-refractivity contribution in [3.05, 3.63) is 88.6 Å². The van der Waals surface area contributed by atoms with Crippen LogP contribution in [-0.4, -0.2) is 45.2 Å². The molecule has 3 aromatic rings. The normalized spacial score (nSPS) is 20.2. The van der Waals surface area contributed by atoms with Gasteiger partial charge in [0.2, 0.25) is 0 Å². The summed E-state index contributed by atoms with van der Waals surface area (Å²) in [5.74, 6) is -2.39. The topological polar surface area (TPSA) is 137 Å². The van der Waals surface area contributed by atoms with Crippen LogP contribution in [0.2, 0.25) is 0 Å². The monoisotopic (exact) mass is 484 g/mol. The van der Waals surface area contributed by atoms with Crippen molar-refractivity contribution in [1.29, 1.82) is 0 Å². The van der Waals surface area contributed by atoms with E-state index in [-0.39, 0.29) is 23.7 Å². The van der Waals surface area contributed by atoms with E-state index in [1.54, 1.807) is 38.3 Å². The number of aromatic nitrogens is 2. The fourth-order valence-corrected chi connectivity index (χ4v) is 4.68. The maximum Gasteiger partial charge on any atom is 0.336 e. The predicted molar refractivity (Wildman–Crippen MR) is 133 cm³/mol. The number of H-pyrrole nitrogens is 2. The molecule has 182 valence electrons. The zero-order chi connectivity index (χ0) is 25.4. The zero-order valence-corrected chi connectivity index (χ0v) is 19.7. The molecule has 9 heteroatoms. The van der Waals surface area contributed by atoms with Gasteiger partial charge in [0.05, 0.1) is 29.6 Å². The number of rotatable bonds is 6. The standard InChI is InChI=1S/C27H24N4O5/c1-3-36-27(35)21-14(2)29-25-23(22(21)19-5-4-12-28-19)24(32)20(31-25)13-17-10-11-18(30-17)15-6-8-16(9-7-15)26(33)34/h4-13,22-23,28,30H,3H2,1-2H3,(H,29,31)(H,33,34)/b20-13+. The number of carbonyl (C=O) groups is 3. The fourth-order valence-electron chi connectivity index (χ4n) is 4.68. The molecule has 2 aliphatic heterocycles. The van der Waals surface area contributed by atoms with Crippen LogP contribution in [0.3, 0.4) is 0 Å². The highest BCUT2D eigenvalue weighted by Crippen LogP contribution is 2.42. The number of allylic oxidation sites excluding steroid dienone is 2. The van der Waals surface area contributed by atoms with Crippen molar-refractivity contribution in [2.75, 3.05) is 6.61 Å². The van der Waals surface area contributed by atoms with Crippen molar-refractivity contribution in [2.24, 2.45) is 10.9 Å². The molecule has 0 spiro atoms. The van der Waals surface area contributed by atoms with E-state index in [9.17, 15) is 14.4 Å². The summed E-state index contributed by atoms with van der Waals surface area (Å²) < 4.78 is 5.30. The molecule has 4 N–H and O–H groups in total. The first-order valence-electron chi connectivity index (χ1n) is 11.5. The highest BCUT2D eigenvalue weighted by Gasteiger charge is 2.48. The molecular weight excluding hydrogens is 460 g/mol. The summed E-state index contributed by atoms with van der Waals surface area (Å²) in [6.45, 7) is 3.75. The van der Waals surface area contributed by atoms with Crippen LogP contribution >= 0.6 is 0 Å². The lowest BCUT2D eigenvalue weighted by Gasteiger charge is -2.31. The number of carboxylic acid groups (broad SMARTS) is 1. The third kappa shape index (κ3) is 4.04. The predicted octanol–water partition coefficient (Wildman–Crippen LogP) is 3.87. The number of Topliss-reactive ketones (excluding diaryl/α,β-unsaturated/α-hetero) is 1. The summed E-state index contributed by atoms with van der Waals surface area (Å²) in [5, 5.41) is 12.2. The highest BCUT2D eigenvalue weighted by molar-refractivity contribution is 6.21. The summed E-state index contributed by atoms with van der Waals surface area (Å²) in [6.07, 6.45) is 3.43. The Morgan fingerprint density at radius 1 is 1.11 bits per heavy atom. The van der Waals surface area contributed by atoms with E-state index in [1.165, 1.54) is 12.1 Å². The molecule has 5 rings (SSSR count). The maximum atomic E-state index is 13.6. The molecule has 2 atom stereocenters.